The number of aliphatic hydroxyl groups excluding tert-OH is 2. The molecule has 0 spiro atoms. The maximum Gasteiger partial charge on any atom is 0.261 e. The molecule has 6 nitrogen and oxygen atoms in total. The smallest absolute Gasteiger partial charge is 0.261 e. The molecule has 0 bridgehead atoms. The molecule has 132 valence electrons. The zero-order valence-corrected chi connectivity index (χ0v) is 14.4. The number of thiophene rings is 1. The molecular formula is C18H20N2O4S. The lowest BCUT2D eigenvalue weighted by atomic mass is 10.1. The van der Waals surface area contributed by atoms with Gasteiger partial charge in [-0.2, -0.15) is 0 Å². The van der Waals surface area contributed by atoms with Crippen LogP contribution in [-0.4, -0.2) is 47.3 Å². The van der Waals surface area contributed by atoms with E-state index >= 15 is 0 Å². The topological polar surface area (TPSA) is 98.7 Å². The third-order valence-corrected chi connectivity index (χ3v) is 5.06. The van der Waals surface area contributed by atoms with Crippen molar-refractivity contribution in [3.8, 4) is 10.4 Å². The Labute approximate surface area is 149 Å². The first kappa shape index (κ1) is 17.6. The fourth-order valence-electron chi connectivity index (χ4n) is 2.33. The second-order valence-corrected chi connectivity index (χ2v) is 7.11. The Hall–Kier alpha value is -2.22. The zero-order valence-electron chi connectivity index (χ0n) is 13.6. The molecule has 1 aromatic carbocycles. The van der Waals surface area contributed by atoms with Gasteiger partial charge in [-0.15, -0.1) is 11.3 Å². The van der Waals surface area contributed by atoms with Crippen molar-refractivity contribution in [2.45, 2.75) is 24.9 Å². The maximum absolute atomic E-state index is 12.2. The van der Waals surface area contributed by atoms with Crippen molar-refractivity contribution < 1.29 is 19.8 Å². The van der Waals surface area contributed by atoms with Crippen LogP contribution in [0.5, 0.6) is 0 Å². The molecule has 4 N–H and O–H groups in total. The quantitative estimate of drug-likeness (QED) is 0.600. The van der Waals surface area contributed by atoms with E-state index in [2.05, 4.69) is 10.6 Å². The lowest BCUT2D eigenvalue weighted by Crippen LogP contribution is -2.40. The summed E-state index contributed by atoms with van der Waals surface area (Å²) >= 11 is 1.38. The summed E-state index contributed by atoms with van der Waals surface area (Å²) in [5.41, 5.74) is 1.27. The van der Waals surface area contributed by atoms with Gasteiger partial charge in [0.1, 0.15) is 0 Å². The number of carbonyl (C=O) groups excluding carboxylic acids is 2. The molecule has 1 aliphatic rings. The van der Waals surface area contributed by atoms with Crippen molar-refractivity contribution in [1.29, 1.82) is 0 Å². The first-order valence-electron chi connectivity index (χ1n) is 8.14. The van der Waals surface area contributed by atoms with Crippen LogP contribution in [0.1, 0.15) is 32.9 Å². The van der Waals surface area contributed by atoms with Crippen molar-refractivity contribution in [3.05, 3.63) is 46.8 Å². The molecular weight excluding hydrogens is 340 g/mol. The SMILES string of the molecule is O=C(NC(CO)CO)c1cccc(-c2ccc(C(=O)NC3CC3)s2)c1. The van der Waals surface area contributed by atoms with Crippen LogP contribution < -0.4 is 10.6 Å². The summed E-state index contributed by atoms with van der Waals surface area (Å²) in [5.74, 6) is -0.417. The predicted octanol–water partition coefficient (Wildman–Crippen LogP) is 1.39. The standard InChI is InChI=1S/C18H20N2O4S/c21-9-14(10-22)20-17(23)12-3-1-2-11(8-12)15-6-7-16(25-15)18(24)19-13-4-5-13/h1-3,6-8,13-14,21-22H,4-5,9-10H2,(H,19,24)(H,20,23). The number of rotatable bonds is 7. The largest absolute Gasteiger partial charge is 0.394 e. The average Bonchev–Trinajstić information content (AvgIpc) is 3.31. The molecule has 0 saturated heterocycles. The number of hydrogen-bond donors (Lipinski definition) is 4. The Bertz CT molecular complexity index is 766. The summed E-state index contributed by atoms with van der Waals surface area (Å²) in [6, 6.07) is 10.3. The van der Waals surface area contributed by atoms with Crippen LogP contribution in [0.2, 0.25) is 0 Å². The Morgan fingerprint density at radius 1 is 1.12 bits per heavy atom. The maximum atomic E-state index is 12.2. The van der Waals surface area contributed by atoms with Gasteiger partial charge in [-0.25, -0.2) is 0 Å². The van der Waals surface area contributed by atoms with E-state index in [4.69, 9.17) is 10.2 Å². The Kier molecular flexibility index (Phi) is 5.47. The minimum atomic E-state index is -0.685. The van der Waals surface area contributed by atoms with Crippen molar-refractivity contribution in [2.75, 3.05) is 13.2 Å². The Morgan fingerprint density at radius 2 is 1.88 bits per heavy atom. The molecule has 1 aliphatic carbocycles. The van der Waals surface area contributed by atoms with Crippen LogP contribution in [0.25, 0.3) is 10.4 Å². The van der Waals surface area contributed by atoms with Gasteiger partial charge in [0.25, 0.3) is 11.8 Å². The second-order valence-electron chi connectivity index (χ2n) is 6.03. The van der Waals surface area contributed by atoms with E-state index in [0.29, 0.717) is 16.5 Å². The minimum absolute atomic E-state index is 0.0543. The van der Waals surface area contributed by atoms with Crippen LogP contribution in [0.4, 0.5) is 0 Å². The third kappa shape index (κ3) is 4.45. The van der Waals surface area contributed by atoms with Gasteiger partial charge in [-0.3, -0.25) is 9.59 Å². The van der Waals surface area contributed by atoms with Crippen molar-refractivity contribution >= 4 is 23.2 Å². The molecule has 2 amide bonds. The molecule has 3 rings (SSSR count). The summed E-state index contributed by atoms with van der Waals surface area (Å²) < 4.78 is 0. The molecule has 7 heteroatoms. The highest BCUT2D eigenvalue weighted by molar-refractivity contribution is 7.17. The third-order valence-electron chi connectivity index (χ3n) is 3.93. The van der Waals surface area contributed by atoms with Gasteiger partial charge in [-0.1, -0.05) is 12.1 Å². The highest BCUT2D eigenvalue weighted by Crippen LogP contribution is 2.29. The second kappa shape index (κ2) is 7.77. The molecule has 1 saturated carbocycles. The average molecular weight is 360 g/mol. The Morgan fingerprint density at radius 3 is 2.56 bits per heavy atom. The van der Waals surface area contributed by atoms with Crippen LogP contribution in [-0.2, 0) is 0 Å². The highest BCUT2D eigenvalue weighted by Gasteiger charge is 2.24. The van der Waals surface area contributed by atoms with Gasteiger partial charge >= 0.3 is 0 Å². The van der Waals surface area contributed by atoms with E-state index in [-0.39, 0.29) is 25.0 Å². The molecule has 25 heavy (non-hydrogen) atoms. The number of amides is 2. The number of hydrogen-bond acceptors (Lipinski definition) is 5. The summed E-state index contributed by atoms with van der Waals surface area (Å²) in [5, 5.41) is 23.7. The number of carbonyl (C=O) groups is 2. The molecule has 0 unspecified atom stereocenters. The fourth-order valence-corrected chi connectivity index (χ4v) is 3.24. The molecule has 1 fully saturated rings. The predicted molar refractivity (Wildman–Crippen MR) is 95.7 cm³/mol. The Balaban J connectivity index is 1.73. The lowest BCUT2D eigenvalue weighted by Gasteiger charge is -2.13. The molecule has 0 radical (unpaired) electrons. The first-order valence-corrected chi connectivity index (χ1v) is 8.96. The van der Waals surface area contributed by atoms with Crippen molar-refractivity contribution in [2.24, 2.45) is 0 Å². The fraction of sp³-hybridized carbons (Fsp3) is 0.333. The number of benzene rings is 1. The van der Waals surface area contributed by atoms with Gasteiger partial charge < -0.3 is 20.8 Å². The zero-order chi connectivity index (χ0) is 17.8. The summed E-state index contributed by atoms with van der Waals surface area (Å²) in [4.78, 5) is 25.8. The minimum Gasteiger partial charge on any atom is -0.394 e. The monoisotopic (exact) mass is 360 g/mol. The van der Waals surface area contributed by atoms with Crippen LogP contribution in [0.3, 0.4) is 0 Å². The van der Waals surface area contributed by atoms with Gasteiger partial charge in [0.2, 0.25) is 0 Å². The molecule has 2 aromatic rings. The van der Waals surface area contributed by atoms with Crippen molar-refractivity contribution in [1.82, 2.24) is 10.6 Å². The van der Waals surface area contributed by atoms with E-state index in [1.807, 2.05) is 12.1 Å². The van der Waals surface area contributed by atoms with Gasteiger partial charge in [0, 0.05) is 16.5 Å². The van der Waals surface area contributed by atoms with E-state index in [1.54, 1.807) is 24.3 Å². The van der Waals surface area contributed by atoms with Gasteiger partial charge in [0.05, 0.1) is 24.1 Å². The summed E-state index contributed by atoms with van der Waals surface area (Å²) in [6.07, 6.45) is 2.09. The molecule has 1 heterocycles. The van der Waals surface area contributed by atoms with E-state index < -0.39 is 6.04 Å². The lowest BCUT2D eigenvalue weighted by molar-refractivity contribution is 0.0879. The molecule has 1 aromatic heterocycles. The van der Waals surface area contributed by atoms with Crippen LogP contribution in [0.15, 0.2) is 36.4 Å². The summed E-state index contributed by atoms with van der Waals surface area (Å²) in [6.45, 7) is -0.654. The van der Waals surface area contributed by atoms with E-state index in [9.17, 15) is 9.59 Å². The van der Waals surface area contributed by atoms with Crippen molar-refractivity contribution in [3.63, 3.8) is 0 Å². The number of nitrogens with one attached hydrogen (secondary N) is 2. The van der Waals surface area contributed by atoms with E-state index in [0.717, 1.165) is 23.3 Å². The van der Waals surface area contributed by atoms with Gasteiger partial charge in [-0.05, 0) is 42.7 Å². The van der Waals surface area contributed by atoms with Crippen LogP contribution in [0, 0.1) is 0 Å². The van der Waals surface area contributed by atoms with Gasteiger partial charge in [0.15, 0.2) is 0 Å². The molecule has 0 atom stereocenters. The summed E-state index contributed by atoms with van der Waals surface area (Å²) in [7, 11) is 0. The first-order chi connectivity index (χ1) is 12.1. The van der Waals surface area contributed by atoms with E-state index in [1.165, 1.54) is 11.3 Å². The normalized spacial score (nSPS) is 13.7. The van der Waals surface area contributed by atoms with Crippen LogP contribution >= 0.6 is 11.3 Å². The highest BCUT2D eigenvalue weighted by atomic mass is 32.1. The molecule has 0 aliphatic heterocycles. The number of aliphatic hydroxyl groups is 2.